The van der Waals surface area contributed by atoms with Crippen molar-refractivity contribution >= 4 is 73.3 Å². The average molecular weight is 958 g/mol. The Morgan fingerprint density at radius 3 is 1.89 bits per heavy atom. The summed E-state index contributed by atoms with van der Waals surface area (Å²) < 4.78 is 26.9. The van der Waals surface area contributed by atoms with Crippen molar-refractivity contribution in [3.8, 4) is 11.5 Å². The number of amides is 1. The van der Waals surface area contributed by atoms with E-state index in [0.29, 0.717) is 6.42 Å². The molecule has 0 aliphatic heterocycles. The van der Waals surface area contributed by atoms with E-state index in [0.717, 1.165) is 46.7 Å². The quantitative estimate of drug-likeness (QED) is 0.0403. The van der Waals surface area contributed by atoms with Gasteiger partial charge in [-0.05, 0) is 91.8 Å². The number of phenols is 2. The van der Waals surface area contributed by atoms with Gasteiger partial charge in [-0.1, -0.05) is 84.7 Å². The van der Waals surface area contributed by atoms with Crippen LogP contribution in [0.15, 0.2) is 103 Å². The molecule has 0 radical (unpaired) electrons. The molecule has 1 unspecified atom stereocenters. The monoisotopic (exact) mass is 956 g/mol. The Morgan fingerprint density at radius 1 is 0.742 bits per heavy atom. The van der Waals surface area contributed by atoms with Gasteiger partial charge in [-0.15, -0.1) is 0 Å². The van der Waals surface area contributed by atoms with Crippen molar-refractivity contribution in [1.82, 2.24) is 9.21 Å². The summed E-state index contributed by atoms with van der Waals surface area (Å²) in [7, 11) is 1.44. The number of hydrogen-bond donors (Lipinski definition) is 6. The second-order valence-corrected chi connectivity index (χ2v) is 20.1. The summed E-state index contributed by atoms with van der Waals surface area (Å²) in [5, 5.41) is 34.2. The van der Waals surface area contributed by atoms with E-state index in [4.69, 9.17) is 23.2 Å². The number of aromatic hydroxyl groups is 2. The van der Waals surface area contributed by atoms with E-state index in [9.17, 15) is 42.6 Å². The summed E-state index contributed by atoms with van der Waals surface area (Å²) in [6.07, 6.45) is 3.63. The van der Waals surface area contributed by atoms with Gasteiger partial charge in [0.1, 0.15) is 33.2 Å². The zero-order chi connectivity index (χ0) is 48.0. The van der Waals surface area contributed by atoms with E-state index in [2.05, 4.69) is 33.4 Å². The van der Waals surface area contributed by atoms with Gasteiger partial charge < -0.3 is 36.4 Å². The number of rotatable bonds is 16. The second-order valence-electron chi connectivity index (χ2n) is 17.2. The first-order chi connectivity index (χ1) is 31.2. The average Bonchev–Trinajstić information content (AvgIpc) is 3.31. The number of carbonyl (C=O) groups excluding carboxylic acids is 1. The molecule has 0 saturated heterocycles. The third-order valence-corrected chi connectivity index (χ3v) is 15.3. The molecule has 1 amide bonds. The molecular weight excluding hydrogens is 908 g/mol. The largest absolute Gasteiger partial charge is 0.505 e. The van der Waals surface area contributed by atoms with Crippen molar-refractivity contribution in [2.75, 3.05) is 49.5 Å². The Bertz CT molecular complexity index is 3100. The van der Waals surface area contributed by atoms with Gasteiger partial charge in [0.15, 0.2) is 11.5 Å². The number of halogens is 2. The molecule has 6 aromatic carbocycles. The van der Waals surface area contributed by atoms with Gasteiger partial charge in [0.25, 0.3) is 27.6 Å². The minimum absolute atomic E-state index is 0.0238. The van der Waals surface area contributed by atoms with E-state index in [1.54, 1.807) is 0 Å². The van der Waals surface area contributed by atoms with Gasteiger partial charge in [-0.25, -0.2) is 12.7 Å². The molecule has 18 heteroatoms. The van der Waals surface area contributed by atoms with Crippen molar-refractivity contribution in [3.05, 3.63) is 152 Å². The van der Waals surface area contributed by atoms with Gasteiger partial charge in [0.2, 0.25) is 10.0 Å². The maximum absolute atomic E-state index is 13.2. The molecule has 1 fully saturated rings. The lowest BCUT2D eigenvalue weighted by molar-refractivity contribution is 0.0825. The highest BCUT2D eigenvalue weighted by molar-refractivity contribution is 7.89. The van der Waals surface area contributed by atoms with Crippen LogP contribution in [0.5, 0.6) is 11.5 Å². The van der Waals surface area contributed by atoms with Gasteiger partial charge in [0.05, 0.1) is 33.0 Å². The fraction of sp³-hybridized carbons (Fsp3) is 0.312. The Hall–Kier alpha value is -6.20. The molecule has 1 saturated carbocycles. The van der Waals surface area contributed by atoms with Crippen LogP contribution in [0.2, 0.25) is 10.0 Å². The number of sulfonamides is 1. The summed E-state index contributed by atoms with van der Waals surface area (Å²) in [6.45, 7) is 3.91. The lowest BCUT2D eigenvalue weighted by atomic mass is 9.74. The Labute approximate surface area is 391 Å². The highest BCUT2D eigenvalue weighted by Crippen LogP contribution is 2.45. The Balaban J connectivity index is 1.09. The SMILES string of the molecule is CCC(C)(Nc1c(Nc2ccc(Cl)c(C(=O)N(C)C)c2O)c(=O)c1=O)c1cccc(C2CCC([C@@H](Nc3c(Nc4ccc(Cl)c(S(=O)(=O)N(C)C)c4O)c(=O)c3=O)c3ccccc3)CC2)c1. The van der Waals surface area contributed by atoms with Gasteiger partial charge in [-0.3, -0.25) is 24.0 Å². The lowest BCUT2D eigenvalue weighted by Gasteiger charge is -2.37. The molecule has 15 nitrogen and oxygen atoms in total. The first-order valence-electron chi connectivity index (χ1n) is 21.3. The predicted octanol–water partition coefficient (Wildman–Crippen LogP) is 7.90. The van der Waals surface area contributed by atoms with E-state index in [1.807, 2.05) is 56.3 Å². The van der Waals surface area contributed by atoms with Crippen LogP contribution in [-0.2, 0) is 15.6 Å². The number of nitrogens with zero attached hydrogens (tertiary/aromatic N) is 2. The van der Waals surface area contributed by atoms with Crippen molar-refractivity contribution in [1.29, 1.82) is 0 Å². The van der Waals surface area contributed by atoms with Crippen LogP contribution in [0.1, 0.15) is 85.0 Å². The van der Waals surface area contributed by atoms with Crippen molar-refractivity contribution in [3.63, 3.8) is 0 Å². The zero-order valence-corrected chi connectivity index (χ0v) is 39.4. The minimum atomic E-state index is -4.18. The molecule has 0 spiro atoms. The number of phenolic OH excluding ortho intramolecular Hbond substituents is 2. The highest BCUT2D eigenvalue weighted by atomic mass is 35.5. The number of nitrogens with one attached hydrogen (secondary N) is 4. The Morgan fingerprint density at radius 2 is 1.30 bits per heavy atom. The normalized spacial score (nSPS) is 16.7. The molecule has 346 valence electrons. The predicted molar refractivity (Wildman–Crippen MR) is 260 cm³/mol. The summed E-state index contributed by atoms with van der Waals surface area (Å²) in [5.41, 5.74) is -1.28. The van der Waals surface area contributed by atoms with E-state index in [-0.39, 0.29) is 67.6 Å². The molecule has 1 aliphatic rings. The number of hydrogen-bond acceptors (Lipinski definition) is 13. The molecule has 0 bridgehead atoms. The summed E-state index contributed by atoms with van der Waals surface area (Å²) in [5.74, 6) is -1.49. The lowest BCUT2D eigenvalue weighted by Crippen LogP contribution is -2.42. The van der Waals surface area contributed by atoms with Crippen LogP contribution in [0.25, 0.3) is 0 Å². The number of carbonyl (C=O) groups is 1. The highest BCUT2D eigenvalue weighted by Gasteiger charge is 2.36. The van der Waals surface area contributed by atoms with E-state index >= 15 is 0 Å². The first-order valence-corrected chi connectivity index (χ1v) is 23.5. The standard InChI is InChI=1S/C48H50Cl2N6O9S/c1-7-48(2,54-39-38(44(61)45(39)62)51-32-22-20-30(49)34(40(32)57)47(63)55(3)4)29-15-11-14-28(24-29)25-16-18-27(19-17-25)35(26-12-9-8-10-13-26)53-37-36(42(59)43(37)60)52-33-23-21-31(50)46(41(33)58)66(64,65)56(5)6/h8-15,20-25,27,35,51-54,57-58H,7,16-19H2,1-6H3/t25?,27?,35-,48?/m0/s1. The maximum Gasteiger partial charge on any atom is 0.258 e. The minimum Gasteiger partial charge on any atom is -0.505 e. The number of benzene rings is 4. The van der Waals surface area contributed by atoms with E-state index in [1.165, 1.54) is 57.4 Å². The topological polar surface area (TPSA) is 215 Å². The van der Waals surface area contributed by atoms with Crippen LogP contribution in [0.3, 0.4) is 0 Å². The van der Waals surface area contributed by atoms with Gasteiger partial charge in [0, 0.05) is 28.2 Å². The van der Waals surface area contributed by atoms with E-state index < -0.39 is 59.6 Å². The smallest absolute Gasteiger partial charge is 0.258 e. The van der Waals surface area contributed by atoms with Crippen LogP contribution >= 0.6 is 23.2 Å². The molecule has 2 atom stereocenters. The zero-order valence-electron chi connectivity index (χ0n) is 37.1. The van der Waals surface area contributed by atoms with Gasteiger partial charge >= 0.3 is 0 Å². The molecule has 0 aromatic heterocycles. The maximum atomic E-state index is 13.2. The number of anilines is 6. The Kier molecular flexibility index (Phi) is 13.4. The molecular formula is C48H50Cl2N6O9S. The fourth-order valence-corrected chi connectivity index (χ4v) is 10.3. The van der Waals surface area contributed by atoms with Crippen LogP contribution in [-0.4, -0.2) is 61.9 Å². The van der Waals surface area contributed by atoms with Crippen molar-refractivity contribution < 1.29 is 23.4 Å². The molecule has 1 aliphatic carbocycles. The summed E-state index contributed by atoms with van der Waals surface area (Å²) in [4.78, 5) is 65.7. The molecule has 7 rings (SSSR count). The fourth-order valence-electron chi connectivity index (χ4n) is 8.57. The van der Waals surface area contributed by atoms with Crippen LogP contribution in [0.4, 0.5) is 34.1 Å². The molecule has 6 aromatic rings. The van der Waals surface area contributed by atoms with Crippen LogP contribution < -0.4 is 43.0 Å². The summed E-state index contributed by atoms with van der Waals surface area (Å²) in [6, 6.07) is 22.8. The molecule has 6 N–H and O–H groups in total. The van der Waals surface area contributed by atoms with Crippen molar-refractivity contribution in [2.24, 2.45) is 5.92 Å². The molecule has 66 heavy (non-hydrogen) atoms. The third kappa shape index (κ3) is 8.77. The summed E-state index contributed by atoms with van der Waals surface area (Å²) >= 11 is 12.5. The first kappa shape index (κ1) is 47.8. The van der Waals surface area contributed by atoms with Gasteiger partial charge in [-0.2, -0.15) is 0 Å². The second kappa shape index (κ2) is 18.6. The van der Waals surface area contributed by atoms with Crippen molar-refractivity contribution in [2.45, 2.75) is 68.3 Å². The van der Waals surface area contributed by atoms with Crippen LogP contribution in [0, 0.1) is 5.92 Å². The third-order valence-electron chi connectivity index (χ3n) is 12.7. The molecule has 0 heterocycles.